The zero-order valence-electron chi connectivity index (χ0n) is 8.95. The van der Waals surface area contributed by atoms with Crippen molar-refractivity contribution in [2.24, 2.45) is 5.73 Å². The fraction of sp³-hybridized carbons (Fsp3) is 0.250. The number of hydrogen-bond donors (Lipinski definition) is 1. The summed E-state index contributed by atoms with van der Waals surface area (Å²) in [6.07, 6.45) is 1.66. The Balaban J connectivity index is 2.48. The average Bonchev–Trinajstić information content (AvgIpc) is 2.70. The smallest absolute Gasteiger partial charge is 0.208 e. The van der Waals surface area contributed by atoms with Crippen LogP contribution in [0.2, 0.25) is 0 Å². The van der Waals surface area contributed by atoms with Crippen molar-refractivity contribution in [3.8, 4) is 11.3 Å². The van der Waals surface area contributed by atoms with Gasteiger partial charge in [0.15, 0.2) is 0 Å². The standard InChI is InChI=1S/C12H14N2O/c1-8-3-4-9(2)10(5-8)11-7-15-12(6-13)14-11/h3-5,7H,6,13H2,1-2H3. The van der Waals surface area contributed by atoms with Crippen molar-refractivity contribution in [2.45, 2.75) is 20.4 Å². The Labute approximate surface area is 88.9 Å². The maximum absolute atomic E-state index is 5.45. The van der Waals surface area contributed by atoms with Crippen LogP contribution in [0.5, 0.6) is 0 Å². The molecule has 2 aromatic rings. The predicted molar refractivity (Wildman–Crippen MR) is 59.3 cm³/mol. The van der Waals surface area contributed by atoms with Gasteiger partial charge in [0, 0.05) is 5.56 Å². The molecule has 1 aromatic carbocycles. The molecule has 0 aliphatic rings. The Morgan fingerprint density at radius 1 is 1.33 bits per heavy atom. The topological polar surface area (TPSA) is 52.0 Å². The van der Waals surface area contributed by atoms with Gasteiger partial charge < -0.3 is 10.2 Å². The lowest BCUT2D eigenvalue weighted by molar-refractivity contribution is 0.498. The summed E-state index contributed by atoms with van der Waals surface area (Å²) in [5.41, 5.74) is 9.83. The fourth-order valence-electron chi connectivity index (χ4n) is 1.54. The van der Waals surface area contributed by atoms with Crippen LogP contribution in [0.1, 0.15) is 17.0 Å². The quantitative estimate of drug-likeness (QED) is 0.813. The normalized spacial score (nSPS) is 10.6. The zero-order valence-corrected chi connectivity index (χ0v) is 8.95. The highest BCUT2D eigenvalue weighted by Crippen LogP contribution is 2.23. The molecule has 3 heteroatoms. The van der Waals surface area contributed by atoms with Gasteiger partial charge in [-0.05, 0) is 25.5 Å². The van der Waals surface area contributed by atoms with E-state index in [-0.39, 0.29) is 0 Å². The molecule has 0 saturated heterocycles. The van der Waals surface area contributed by atoms with Gasteiger partial charge in [0.25, 0.3) is 0 Å². The van der Waals surface area contributed by atoms with Gasteiger partial charge in [0.05, 0.1) is 6.54 Å². The maximum Gasteiger partial charge on any atom is 0.208 e. The van der Waals surface area contributed by atoms with Gasteiger partial charge in [0.2, 0.25) is 5.89 Å². The summed E-state index contributed by atoms with van der Waals surface area (Å²) in [6.45, 7) is 4.46. The predicted octanol–water partition coefficient (Wildman–Crippen LogP) is 2.42. The highest BCUT2D eigenvalue weighted by atomic mass is 16.3. The summed E-state index contributed by atoms with van der Waals surface area (Å²) in [5, 5.41) is 0. The van der Waals surface area contributed by atoms with Crippen molar-refractivity contribution in [2.75, 3.05) is 0 Å². The first-order valence-electron chi connectivity index (χ1n) is 4.93. The minimum atomic E-state index is 0.338. The Morgan fingerprint density at radius 3 is 2.80 bits per heavy atom. The first kappa shape index (κ1) is 9.93. The maximum atomic E-state index is 5.45. The molecule has 1 heterocycles. The highest BCUT2D eigenvalue weighted by Gasteiger charge is 2.07. The van der Waals surface area contributed by atoms with E-state index in [1.807, 2.05) is 0 Å². The molecule has 0 fully saturated rings. The third-order valence-electron chi connectivity index (χ3n) is 2.40. The molecule has 0 aliphatic heterocycles. The molecule has 2 N–H and O–H groups in total. The fourth-order valence-corrected chi connectivity index (χ4v) is 1.54. The third kappa shape index (κ3) is 1.92. The molecule has 78 valence electrons. The average molecular weight is 202 g/mol. The minimum Gasteiger partial charge on any atom is -0.447 e. The number of aromatic nitrogens is 1. The van der Waals surface area contributed by atoms with Crippen molar-refractivity contribution in [3.63, 3.8) is 0 Å². The van der Waals surface area contributed by atoms with E-state index in [0.29, 0.717) is 12.4 Å². The molecule has 15 heavy (non-hydrogen) atoms. The van der Waals surface area contributed by atoms with E-state index in [0.717, 1.165) is 11.3 Å². The highest BCUT2D eigenvalue weighted by molar-refractivity contribution is 5.63. The molecule has 0 spiro atoms. The molecule has 2 rings (SSSR count). The number of aryl methyl sites for hydroxylation is 2. The minimum absolute atomic E-state index is 0.338. The van der Waals surface area contributed by atoms with Crippen LogP contribution in [0.15, 0.2) is 28.9 Å². The van der Waals surface area contributed by atoms with Crippen LogP contribution in [0, 0.1) is 13.8 Å². The molecule has 1 aromatic heterocycles. The Hall–Kier alpha value is -1.61. The Morgan fingerprint density at radius 2 is 2.13 bits per heavy atom. The molecule has 0 saturated carbocycles. The number of oxazole rings is 1. The molecule has 0 unspecified atom stereocenters. The Kier molecular flexibility index (Phi) is 2.56. The molecular weight excluding hydrogens is 188 g/mol. The molecule has 0 amide bonds. The zero-order chi connectivity index (χ0) is 10.8. The lowest BCUT2D eigenvalue weighted by Crippen LogP contribution is -1.95. The summed E-state index contributed by atoms with van der Waals surface area (Å²) in [4.78, 5) is 4.31. The summed E-state index contributed by atoms with van der Waals surface area (Å²) < 4.78 is 5.23. The van der Waals surface area contributed by atoms with E-state index >= 15 is 0 Å². The van der Waals surface area contributed by atoms with Crippen LogP contribution >= 0.6 is 0 Å². The van der Waals surface area contributed by atoms with E-state index in [1.54, 1.807) is 6.26 Å². The van der Waals surface area contributed by atoms with Crippen molar-refractivity contribution < 1.29 is 4.42 Å². The van der Waals surface area contributed by atoms with Gasteiger partial charge in [-0.15, -0.1) is 0 Å². The van der Waals surface area contributed by atoms with Crippen LogP contribution in [0.3, 0.4) is 0 Å². The second-order valence-corrected chi connectivity index (χ2v) is 3.65. The Bertz CT molecular complexity index is 474. The molecular formula is C12H14N2O. The number of nitrogens with two attached hydrogens (primary N) is 1. The summed E-state index contributed by atoms with van der Waals surface area (Å²) in [5.74, 6) is 0.575. The van der Waals surface area contributed by atoms with Crippen molar-refractivity contribution in [3.05, 3.63) is 41.5 Å². The van der Waals surface area contributed by atoms with Crippen LogP contribution < -0.4 is 5.73 Å². The summed E-state index contributed by atoms with van der Waals surface area (Å²) >= 11 is 0. The number of benzene rings is 1. The van der Waals surface area contributed by atoms with Crippen LogP contribution in [0.4, 0.5) is 0 Å². The lowest BCUT2D eigenvalue weighted by atomic mass is 10.0. The molecule has 3 nitrogen and oxygen atoms in total. The van der Waals surface area contributed by atoms with E-state index in [1.165, 1.54) is 11.1 Å². The van der Waals surface area contributed by atoms with E-state index in [2.05, 4.69) is 37.0 Å². The largest absolute Gasteiger partial charge is 0.447 e. The number of rotatable bonds is 2. The van der Waals surface area contributed by atoms with Crippen LogP contribution in [-0.4, -0.2) is 4.98 Å². The van der Waals surface area contributed by atoms with Crippen molar-refractivity contribution in [1.29, 1.82) is 0 Å². The van der Waals surface area contributed by atoms with Crippen LogP contribution in [0.25, 0.3) is 11.3 Å². The van der Waals surface area contributed by atoms with Gasteiger partial charge in [-0.1, -0.05) is 17.7 Å². The second kappa shape index (κ2) is 3.87. The summed E-state index contributed by atoms with van der Waals surface area (Å²) in [6, 6.07) is 6.28. The first-order chi connectivity index (χ1) is 7.20. The molecule has 0 atom stereocenters. The second-order valence-electron chi connectivity index (χ2n) is 3.65. The third-order valence-corrected chi connectivity index (χ3v) is 2.40. The van der Waals surface area contributed by atoms with Gasteiger partial charge >= 0.3 is 0 Å². The first-order valence-corrected chi connectivity index (χ1v) is 4.93. The van der Waals surface area contributed by atoms with Crippen molar-refractivity contribution >= 4 is 0 Å². The SMILES string of the molecule is Cc1ccc(C)c(-c2coc(CN)n2)c1. The molecule has 0 aliphatic carbocycles. The van der Waals surface area contributed by atoms with Crippen molar-refractivity contribution in [1.82, 2.24) is 4.98 Å². The van der Waals surface area contributed by atoms with Gasteiger partial charge in [-0.25, -0.2) is 4.98 Å². The molecule has 0 radical (unpaired) electrons. The van der Waals surface area contributed by atoms with E-state index in [9.17, 15) is 0 Å². The monoisotopic (exact) mass is 202 g/mol. The molecule has 0 bridgehead atoms. The number of hydrogen-bond acceptors (Lipinski definition) is 3. The lowest BCUT2D eigenvalue weighted by Gasteiger charge is -2.02. The van der Waals surface area contributed by atoms with E-state index in [4.69, 9.17) is 10.2 Å². The van der Waals surface area contributed by atoms with Gasteiger partial charge in [-0.3, -0.25) is 0 Å². The number of nitrogens with zero attached hydrogens (tertiary/aromatic N) is 1. The van der Waals surface area contributed by atoms with Gasteiger partial charge in [0.1, 0.15) is 12.0 Å². The van der Waals surface area contributed by atoms with Gasteiger partial charge in [-0.2, -0.15) is 0 Å². The van der Waals surface area contributed by atoms with E-state index < -0.39 is 0 Å². The van der Waals surface area contributed by atoms with Crippen LogP contribution in [-0.2, 0) is 6.54 Å². The summed E-state index contributed by atoms with van der Waals surface area (Å²) in [7, 11) is 0.